The average Bonchev–Trinajstić information content (AvgIpc) is 2.04. The molecule has 1 atom stereocenters. The number of hydrogen-bond donors (Lipinski definition) is 1. The standard InChI is InChI=1S/C7H7F3N2O/c8-7(9,10)6(13)3-5-1-2-11-4-12-5/h1-2,4,6,13H,3H2/t6-/m1/s1. The smallest absolute Gasteiger partial charge is 0.383 e. The van der Waals surface area contributed by atoms with E-state index in [9.17, 15) is 13.2 Å². The van der Waals surface area contributed by atoms with E-state index < -0.39 is 18.7 Å². The number of aliphatic hydroxyl groups is 1. The molecule has 0 saturated heterocycles. The normalized spacial score (nSPS) is 14.2. The zero-order chi connectivity index (χ0) is 9.90. The van der Waals surface area contributed by atoms with Gasteiger partial charge in [0.1, 0.15) is 6.33 Å². The Morgan fingerprint density at radius 3 is 2.62 bits per heavy atom. The Bertz CT molecular complexity index is 262. The fourth-order valence-electron chi connectivity index (χ4n) is 0.753. The summed E-state index contributed by atoms with van der Waals surface area (Å²) in [4.78, 5) is 7.10. The summed E-state index contributed by atoms with van der Waals surface area (Å²) in [6, 6.07) is 1.33. The lowest BCUT2D eigenvalue weighted by atomic mass is 10.2. The van der Waals surface area contributed by atoms with Crippen LogP contribution >= 0.6 is 0 Å². The highest BCUT2D eigenvalue weighted by Gasteiger charge is 2.38. The topological polar surface area (TPSA) is 46.0 Å². The van der Waals surface area contributed by atoms with Crippen molar-refractivity contribution < 1.29 is 18.3 Å². The lowest BCUT2D eigenvalue weighted by Crippen LogP contribution is -2.30. The first kappa shape index (κ1) is 9.91. The molecule has 6 heteroatoms. The van der Waals surface area contributed by atoms with Gasteiger partial charge in [0.2, 0.25) is 0 Å². The number of hydrogen-bond acceptors (Lipinski definition) is 3. The lowest BCUT2D eigenvalue weighted by molar-refractivity contribution is -0.203. The third-order valence-electron chi connectivity index (χ3n) is 1.42. The Balaban J connectivity index is 2.61. The monoisotopic (exact) mass is 192 g/mol. The summed E-state index contributed by atoms with van der Waals surface area (Å²) in [6.07, 6.45) is -5.02. The quantitative estimate of drug-likeness (QED) is 0.758. The molecule has 0 saturated carbocycles. The summed E-state index contributed by atoms with van der Waals surface area (Å²) in [6.45, 7) is 0. The van der Waals surface area contributed by atoms with Crippen molar-refractivity contribution >= 4 is 0 Å². The Labute approximate surface area is 72.3 Å². The van der Waals surface area contributed by atoms with Crippen LogP contribution in [0.1, 0.15) is 5.69 Å². The van der Waals surface area contributed by atoms with Crippen LogP contribution in [0.2, 0.25) is 0 Å². The minimum Gasteiger partial charge on any atom is -0.383 e. The highest BCUT2D eigenvalue weighted by atomic mass is 19.4. The third-order valence-corrected chi connectivity index (χ3v) is 1.42. The van der Waals surface area contributed by atoms with Crippen LogP contribution in [-0.4, -0.2) is 27.4 Å². The molecule has 1 heterocycles. The number of aromatic nitrogens is 2. The second-order valence-electron chi connectivity index (χ2n) is 2.46. The van der Waals surface area contributed by atoms with Gasteiger partial charge in [0, 0.05) is 18.3 Å². The van der Waals surface area contributed by atoms with Crippen molar-refractivity contribution in [2.24, 2.45) is 0 Å². The van der Waals surface area contributed by atoms with Gasteiger partial charge in [-0.1, -0.05) is 0 Å². The van der Waals surface area contributed by atoms with Gasteiger partial charge >= 0.3 is 6.18 Å². The van der Waals surface area contributed by atoms with Crippen molar-refractivity contribution in [3.05, 3.63) is 24.3 Å². The van der Waals surface area contributed by atoms with E-state index in [4.69, 9.17) is 5.11 Å². The van der Waals surface area contributed by atoms with Crippen molar-refractivity contribution in [2.45, 2.75) is 18.7 Å². The molecule has 1 aromatic heterocycles. The van der Waals surface area contributed by atoms with Gasteiger partial charge in [-0.05, 0) is 6.07 Å². The van der Waals surface area contributed by atoms with E-state index in [2.05, 4.69) is 9.97 Å². The van der Waals surface area contributed by atoms with Gasteiger partial charge in [0.25, 0.3) is 0 Å². The minimum atomic E-state index is -4.59. The maximum absolute atomic E-state index is 11.8. The molecule has 0 fully saturated rings. The summed E-state index contributed by atoms with van der Waals surface area (Å²) < 4.78 is 35.5. The molecule has 13 heavy (non-hydrogen) atoms. The van der Waals surface area contributed by atoms with Crippen molar-refractivity contribution in [1.82, 2.24) is 9.97 Å². The molecule has 0 radical (unpaired) electrons. The SMILES string of the molecule is O[C@H](Cc1ccncn1)C(F)(F)F. The predicted octanol–water partition coefficient (Wildman–Crippen LogP) is 0.942. The molecule has 0 aliphatic heterocycles. The van der Waals surface area contributed by atoms with Crippen LogP contribution in [0.25, 0.3) is 0 Å². The minimum absolute atomic E-state index is 0.167. The van der Waals surface area contributed by atoms with E-state index in [-0.39, 0.29) is 5.69 Å². The second kappa shape index (κ2) is 3.69. The molecule has 0 aromatic carbocycles. The molecule has 0 aliphatic carbocycles. The first-order valence-electron chi connectivity index (χ1n) is 3.50. The third kappa shape index (κ3) is 2.98. The second-order valence-corrected chi connectivity index (χ2v) is 2.46. The molecule has 0 unspecified atom stereocenters. The van der Waals surface area contributed by atoms with Gasteiger partial charge in [-0.25, -0.2) is 9.97 Å². The van der Waals surface area contributed by atoms with Crippen LogP contribution in [0.3, 0.4) is 0 Å². The van der Waals surface area contributed by atoms with Gasteiger partial charge in [0.15, 0.2) is 6.10 Å². The number of rotatable bonds is 2. The van der Waals surface area contributed by atoms with Gasteiger partial charge < -0.3 is 5.11 Å². The van der Waals surface area contributed by atoms with Gasteiger partial charge in [0.05, 0.1) is 0 Å². The van der Waals surface area contributed by atoms with Crippen molar-refractivity contribution in [3.8, 4) is 0 Å². The Kier molecular flexibility index (Phi) is 2.82. The van der Waals surface area contributed by atoms with Crippen LogP contribution < -0.4 is 0 Å². The molecule has 1 N–H and O–H groups in total. The molecule has 0 spiro atoms. The Hall–Kier alpha value is -1.17. The summed E-state index contributed by atoms with van der Waals surface area (Å²) in [5.74, 6) is 0. The summed E-state index contributed by atoms with van der Waals surface area (Å²) in [7, 11) is 0. The van der Waals surface area contributed by atoms with E-state index in [1.54, 1.807) is 0 Å². The highest BCUT2D eigenvalue weighted by Crippen LogP contribution is 2.22. The van der Waals surface area contributed by atoms with Crippen LogP contribution in [0, 0.1) is 0 Å². The van der Waals surface area contributed by atoms with Gasteiger partial charge in [-0.2, -0.15) is 13.2 Å². The van der Waals surface area contributed by atoms with Crippen molar-refractivity contribution in [2.75, 3.05) is 0 Å². The van der Waals surface area contributed by atoms with Crippen LogP contribution in [0.5, 0.6) is 0 Å². The number of halogens is 3. The van der Waals surface area contributed by atoms with E-state index in [1.165, 1.54) is 12.3 Å². The number of aliphatic hydroxyl groups excluding tert-OH is 1. The maximum atomic E-state index is 11.8. The number of alkyl halides is 3. The average molecular weight is 192 g/mol. The number of nitrogens with zero attached hydrogens (tertiary/aromatic N) is 2. The fourth-order valence-corrected chi connectivity index (χ4v) is 0.753. The van der Waals surface area contributed by atoms with Crippen LogP contribution in [0.4, 0.5) is 13.2 Å². The Morgan fingerprint density at radius 2 is 2.15 bits per heavy atom. The zero-order valence-corrected chi connectivity index (χ0v) is 6.49. The molecule has 1 aromatic rings. The zero-order valence-electron chi connectivity index (χ0n) is 6.49. The highest BCUT2D eigenvalue weighted by molar-refractivity contribution is 5.00. The van der Waals surface area contributed by atoms with Gasteiger partial charge in [-0.3, -0.25) is 0 Å². The molecule has 0 aliphatic rings. The van der Waals surface area contributed by atoms with Crippen LogP contribution in [0.15, 0.2) is 18.6 Å². The summed E-state index contributed by atoms with van der Waals surface area (Å²) in [5, 5.41) is 8.65. The molecule has 0 amide bonds. The molecule has 3 nitrogen and oxygen atoms in total. The molecular weight excluding hydrogens is 185 g/mol. The van der Waals surface area contributed by atoms with E-state index >= 15 is 0 Å². The largest absolute Gasteiger partial charge is 0.414 e. The summed E-state index contributed by atoms with van der Waals surface area (Å²) >= 11 is 0. The van der Waals surface area contributed by atoms with E-state index in [1.807, 2.05) is 0 Å². The molecule has 0 bridgehead atoms. The predicted molar refractivity (Wildman–Crippen MR) is 37.8 cm³/mol. The molecule has 72 valence electrons. The van der Waals surface area contributed by atoms with Gasteiger partial charge in [-0.15, -0.1) is 0 Å². The van der Waals surface area contributed by atoms with E-state index in [0.717, 1.165) is 6.33 Å². The fraction of sp³-hybridized carbons (Fsp3) is 0.429. The summed E-state index contributed by atoms with van der Waals surface area (Å²) in [5.41, 5.74) is 0.167. The van der Waals surface area contributed by atoms with E-state index in [0.29, 0.717) is 0 Å². The van der Waals surface area contributed by atoms with Crippen molar-refractivity contribution in [1.29, 1.82) is 0 Å². The molecule has 1 rings (SSSR count). The van der Waals surface area contributed by atoms with Crippen LogP contribution in [-0.2, 0) is 6.42 Å². The maximum Gasteiger partial charge on any atom is 0.414 e. The van der Waals surface area contributed by atoms with Crippen molar-refractivity contribution in [3.63, 3.8) is 0 Å². The first-order valence-corrected chi connectivity index (χ1v) is 3.50. The Morgan fingerprint density at radius 1 is 1.46 bits per heavy atom. The lowest BCUT2D eigenvalue weighted by Gasteiger charge is -2.13. The first-order chi connectivity index (χ1) is 6.00. The molecular formula is C7H7F3N2O.